The highest BCUT2D eigenvalue weighted by Gasteiger charge is 2.34. The maximum atomic E-state index is 13.7. The van der Waals surface area contributed by atoms with Crippen LogP contribution >= 0.6 is 11.3 Å². The molecule has 7 aromatic rings. The third-order valence-electron chi connectivity index (χ3n) is 16.0. The van der Waals surface area contributed by atoms with Crippen molar-refractivity contribution >= 4 is 72.8 Å². The summed E-state index contributed by atoms with van der Waals surface area (Å²) < 4.78 is 9.61. The Bertz CT molecular complexity index is 3250. The van der Waals surface area contributed by atoms with Crippen molar-refractivity contribution in [2.24, 2.45) is 13.0 Å². The summed E-state index contributed by atoms with van der Waals surface area (Å²) in [6.45, 7) is 9.29. The summed E-state index contributed by atoms with van der Waals surface area (Å²) in [5, 5.41) is 22.4. The Morgan fingerprint density at radius 3 is 2.49 bits per heavy atom. The zero-order valence-corrected chi connectivity index (χ0v) is 43.1. The molecule has 382 valence electrons. The van der Waals surface area contributed by atoms with E-state index in [1.54, 1.807) is 0 Å². The number of hydrogen-bond donors (Lipinski definition) is 3. The first-order valence-corrected chi connectivity index (χ1v) is 27.1. The lowest BCUT2D eigenvalue weighted by atomic mass is 9.84. The van der Waals surface area contributed by atoms with Crippen molar-refractivity contribution in [2.45, 2.75) is 103 Å². The third-order valence-corrected chi connectivity index (χ3v) is 16.9. The topological polar surface area (TPSA) is 175 Å². The van der Waals surface area contributed by atoms with Gasteiger partial charge in [0.1, 0.15) is 11.6 Å². The van der Waals surface area contributed by atoms with Crippen molar-refractivity contribution < 1.29 is 29.0 Å². The number of unbranched alkanes of at least 4 members (excludes halogenated alkanes) is 1. The van der Waals surface area contributed by atoms with E-state index in [1.165, 1.54) is 30.6 Å². The smallest absolute Gasteiger partial charge is 0.355 e. The number of nitrogens with one attached hydrogen (secondary N) is 2. The van der Waals surface area contributed by atoms with Crippen molar-refractivity contribution in [3.63, 3.8) is 0 Å². The second kappa shape index (κ2) is 21.0. The fourth-order valence-corrected chi connectivity index (χ4v) is 12.8. The lowest BCUT2D eigenvalue weighted by Gasteiger charge is -2.41. The van der Waals surface area contributed by atoms with Gasteiger partial charge in [-0.1, -0.05) is 72.7 Å². The van der Waals surface area contributed by atoms with Crippen LogP contribution in [0.15, 0.2) is 91.0 Å². The molecule has 3 aromatic heterocycles. The number of pyridine rings is 1. The molecule has 2 atom stereocenters. The first kappa shape index (κ1) is 49.1. The average molecular weight is 1010 g/mol. The number of piperazine rings is 1. The summed E-state index contributed by atoms with van der Waals surface area (Å²) >= 11 is 1.44. The van der Waals surface area contributed by atoms with Crippen LogP contribution < -0.4 is 25.2 Å². The highest BCUT2D eigenvalue weighted by atomic mass is 32.1. The molecule has 4 aromatic carbocycles. The quantitative estimate of drug-likeness (QED) is 0.0696. The van der Waals surface area contributed by atoms with Gasteiger partial charge in [-0.05, 0) is 136 Å². The third kappa shape index (κ3) is 9.96. The number of nitrogens with zero attached hydrogens (tertiary/aromatic N) is 7. The number of piperidine rings is 1. The van der Waals surface area contributed by atoms with Crippen LogP contribution in [0.3, 0.4) is 0 Å². The zero-order valence-electron chi connectivity index (χ0n) is 42.3. The van der Waals surface area contributed by atoms with Crippen molar-refractivity contribution in [3.05, 3.63) is 125 Å². The molecule has 3 amide bonds. The van der Waals surface area contributed by atoms with Gasteiger partial charge in [0.05, 0.1) is 39.1 Å². The van der Waals surface area contributed by atoms with E-state index >= 15 is 0 Å². The maximum absolute atomic E-state index is 13.7. The number of carboxylic acid groups (broad SMARTS) is 1. The standard InChI is InChI=1S/C58H63N9O6S/c1-35-33-66(47-17-9-15-43-52(63-64(3)54(43)47)44-25-27-51(68)61-56(44)70)32-31-65(35)29-7-6-11-37-20-22-39(23-21-37)73-48-18-10-13-40(36(48)2)41-24-26-50(60-53(41)57(71)72)67-30-28-38-12-8-14-42(45(38)34-67)55(69)62-58-59-46-16-4-5-19-49(46)74-58/h4-5,8-10,12-19,24,26,35,37,39,44H,6-7,11,20-23,25,27-34H2,1-3H3,(H,71,72)(H,59,62,69)(H,61,68,70)/t35-,37-,39-,44?/m1/s1. The molecule has 3 aliphatic heterocycles. The Balaban J connectivity index is 0.663. The van der Waals surface area contributed by atoms with Crippen LogP contribution in [0.5, 0.6) is 5.75 Å². The minimum atomic E-state index is -1.10. The minimum absolute atomic E-state index is 0.0188. The summed E-state index contributed by atoms with van der Waals surface area (Å²) in [5.41, 5.74) is 8.52. The molecular formula is C58H63N9O6S. The number of para-hydroxylation sites is 2. The molecule has 1 aliphatic carbocycles. The van der Waals surface area contributed by atoms with Gasteiger partial charge in [0.2, 0.25) is 11.8 Å². The second-order valence-electron chi connectivity index (χ2n) is 20.6. The molecule has 0 radical (unpaired) electrons. The number of amides is 3. The highest BCUT2D eigenvalue weighted by molar-refractivity contribution is 7.22. The Labute approximate surface area is 434 Å². The van der Waals surface area contributed by atoms with E-state index in [0.29, 0.717) is 66.4 Å². The van der Waals surface area contributed by atoms with Gasteiger partial charge in [-0.15, -0.1) is 0 Å². The number of anilines is 3. The number of carbonyl (C=O) groups is 4. The first-order chi connectivity index (χ1) is 35.9. The van der Waals surface area contributed by atoms with Crippen molar-refractivity contribution in [3.8, 4) is 16.9 Å². The molecule has 6 heterocycles. The lowest BCUT2D eigenvalue weighted by Crippen LogP contribution is -2.52. The number of fused-ring (bicyclic) bond motifs is 3. The molecule has 0 bridgehead atoms. The van der Waals surface area contributed by atoms with Crippen LogP contribution in [-0.2, 0) is 29.6 Å². The van der Waals surface area contributed by atoms with Crippen LogP contribution in [0, 0.1) is 12.8 Å². The average Bonchev–Trinajstić information content (AvgIpc) is 3.98. The van der Waals surface area contributed by atoms with E-state index in [9.17, 15) is 24.3 Å². The summed E-state index contributed by atoms with van der Waals surface area (Å²) in [6, 6.07) is 29.9. The van der Waals surface area contributed by atoms with Gasteiger partial charge in [0.25, 0.3) is 5.91 Å². The van der Waals surface area contributed by atoms with Gasteiger partial charge in [-0.2, -0.15) is 5.10 Å². The normalized spacial score (nSPS) is 20.4. The fourth-order valence-electron chi connectivity index (χ4n) is 11.9. The van der Waals surface area contributed by atoms with E-state index in [4.69, 9.17) is 14.8 Å². The number of aryl methyl sites for hydroxylation is 1. The van der Waals surface area contributed by atoms with Crippen LogP contribution in [-0.4, -0.2) is 98.3 Å². The predicted molar refractivity (Wildman–Crippen MR) is 289 cm³/mol. The van der Waals surface area contributed by atoms with E-state index in [-0.39, 0.29) is 29.5 Å². The zero-order chi connectivity index (χ0) is 51.0. The molecule has 1 saturated carbocycles. The molecule has 15 nitrogen and oxygen atoms in total. The van der Waals surface area contributed by atoms with Gasteiger partial charge < -0.3 is 19.6 Å². The van der Waals surface area contributed by atoms with Gasteiger partial charge >= 0.3 is 5.97 Å². The second-order valence-corrected chi connectivity index (χ2v) is 21.7. The Kier molecular flexibility index (Phi) is 13.9. The molecule has 3 fully saturated rings. The SMILES string of the molecule is Cc1c(O[C@H]2CC[C@H](CCCCN3CCN(c4cccc5c(C6CCC(=O)NC6=O)nn(C)c45)C[C@H]3C)CC2)cccc1-c1ccc(N2CCc3cccc(C(=O)Nc4nc5ccccc5s4)c3C2)nc1C(=O)O. The molecular weight excluding hydrogens is 951 g/mol. The number of carboxylic acids is 1. The summed E-state index contributed by atoms with van der Waals surface area (Å²) in [7, 11) is 1.95. The number of aromatic nitrogens is 4. The number of thiazole rings is 1. The molecule has 11 rings (SSSR count). The predicted octanol–water partition coefficient (Wildman–Crippen LogP) is 9.91. The largest absolute Gasteiger partial charge is 0.490 e. The van der Waals surface area contributed by atoms with Crippen LogP contribution in [0.1, 0.15) is 114 Å². The number of aromatic carboxylic acids is 1. The summed E-state index contributed by atoms with van der Waals surface area (Å²) in [6.07, 6.45) is 9.46. The number of imide groups is 1. The minimum Gasteiger partial charge on any atom is -0.490 e. The molecule has 74 heavy (non-hydrogen) atoms. The Morgan fingerprint density at radius 2 is 1.68 bits per heavy atom. The van der Waals surface area contributed by atoms with Gasteiger partial charge in [0, 0.05) is 68.7 Å². The van der Waals surface area contributed by atoms with Gasteiger partial charge in [0.15, 0.2) is 10.8 Å². The molecule has 1 unspecified atom stereocenters. The van der Waals surface area contributed by atoms with Crippen molar-refractivity contribution in [2.75, 3.05) is 47.8 Å². The fraction of sp³-hybridized carbons (Fsp3) is 0.397. The molecule has 16 heteroatoms. The van der Waals surface area contributed by atoms with E-state index in [2.05, 4.69) is 55.4 Å². The van der Waals surface area contributed by atoms with Crippen LogP contribution in [0.4, 0.5) is 16.6 Å². The van der Waals surface area contributed by atoms with Crippen molar-refractivity contribution in [1.29, 1.82) is 0 Å². The Morgan fingerprint density at radius 1 is 0.851 bits per heavy atom. The maximum Gasteiger partial charge on any atom is 0.355 e. The first-order valence-electron chi connectivity index (χ1n) is 26.3. The number of rotatable bonds is 14. The number of hydrogen-bond acceptors (Lipinski definition) is 12. The molecule has 3 N–H and O–H groups in total. The number of benzene rings is 4. The molecule has 2 saturated heterocycles. The van der Waals surface area contributed by atoms with Crippen LogP contribution in [0.25, 0.3) is 32.2 Å². The molecule has 0 spiro atoms. The lowest BCUT2D eigenvalue weighted by molar-refractivity contribution is -0.134. The number of carbonyl (C=O) groups excluding carboxylic acids is 3. The van der Waals surface area contributed by atoms with Crippen molar-refractivity contribution in [1.82, 2.24) is 30.0 Å². The number of ether oxygens (including phenoxy) is 1. The summed E-state index contributed by atoms with van der Waals surface area (Å²) in [4.78, 5) is 67.7. The van der Waals surface area contributed by atoms with Gasteiger partial charge in [-0.25, -0.2) is 14.8 Å². The molecule has 4 aliphatic rings. The highest BCUT2D eigenvalue weighted by Crippen LogP contribution is 2.39. The van der Waals surface area contributed by atoms with Gasteiger partial charge in [-0.3, -0.25) is 34.6 Å². The Hall–Kier alpha value is -7.17. The van der Waals surface area contributed by atoms with Crippen LogP contribution in [0.2, 0.25) is 0 Å². The monoisotopic (exact) mass is 1010 g/mol. The van der Waals surface area contributed by atoms with E-state index in [0.717, 1.165) is 112 Å². The summed E-state index contributed by atoms with van der Waals surface area (Å²) in [5.74, 6) is -0.212. The van der Waals surface area contributed by atoms with E-state index in [1.807, 2.05) is 91.4 Å². The van der Waals surface area contributed by atoms with E-state index < -0.39 is 11.9 Å².